The van der Waals surface area contributed by atoms with Crippen LogP contribution in [0, 0.1) is 0 Å². The Morgan fingerprint density at radius 1 is 0.864 bits per heavy atom. The van der Waals surface area contributed by atoms with E-state index >= 15 is 0 Å². The van der Waals surface area contributed by atoms with Gasteiger partial charge in [-0.3, -0.25) is 0 Å². The van der Waals surface area contributed by atoms with Crippen LogP contribution in [0.4, 0.5) is 0 Å². The second-order valence-electron chi connectivity index (χ2n) is 5.51. The quantitative estimate of drug-likeness (QED) is 0.658. The highest BCUT2D eigenvalue weighted by molar-refractivity contribution is 9.11. The predicted molar refractivity (Wildman–Crippen MR) is 81.3 cm³/mol. The van der Waals surface area contributed by atoms with Crippen LogP contribution in [0.25, 0.3) is 0 Å². The molecule has 0 fully saturated rings. The van der Waals surface area contributed by atoms with Crippen molar-refractivity contribution in [1.29, 1.82) is 0 Å². The summed E-state index contributed by atoms with van der Waals surface area (Å²) in [6, 6.07) is 2.94. The molecule has 0 heterocycles. The molecule has 1 aromatic carbocycles. The van der Waals surface area contributed by atoms with Gasteiger partial charge >= 0.3 is 0 Å². The molecule has 0 radical (unpaired) electrons. The lowest BCUT2D eigenvalue weighted by Gasteiger charge is -2.30. The fourth-order valence-electron chi connectivity index (χ4n) is 1.30. The lowest BCUT2D eigenvalue weighted by molar-refractivity contribution is -0.321. The molecule has 0 amide bonds. The van der Waals surface area contributed by atoms with E-state index in [4.69, 9.17) is 9.47 Å². The standard InChI is InChI=1S/C14H16Br2O6/c1-13(2,11(17)18)21-9-6-10(8(16)5-7(9)15)22-14(3,4)12(19)20/h5-6H,1-4H3,(H,17,18)(H,19,20)/p-2. The van der Waals surface area contributed by atoms with E-state index in [0.717, 1.165) is 0 Å². The van der Waals surface area contributed by atoms with Crippen LogP contribution in [0.15, 0.2) is 21.1 Å². The number of ether oxygens (including phenoxy) is 2. The van der Waals surface area contributed by atoms with Gasteiger partial charge in [0.25, 0.3) is 0 Å². The van der Waals surface area contributed by atoms with Crippen molar-refractivity contribution in [3.63, 3.8) is 0 Å². The first-order valence-corrected chi connectivity index (χ1v) is 7.75. The van der Waals surface area contributed by atoms with Gasteiger partial charge in [0, 0.05) is 6.07 Å². The highest BCUT2D eigenvalue weighted by Crippen LogP contribution is 2.39. The van der Waals surface area contributed by atoms with Gasteiger partial charge in [-0.05, 0) is 65.6 Å². The third kappa shape index (κ3) is 4.36. The molecule has 0 aliphatic carbocycles. The van der Waals surface area contributed by atoms with E-state index in [9.17, 15) is 19.8 Å². The van der Waals surface area contributed by atoms with Gasteiger partial charge < -0.3 is 29.3 Å². The Balaban J connectivity index is 3.20. The normalized spacial score (nSPS) is 11.9. The Labute approximate surface area is 144 Å². The molecular weight excluding hydrogens is 424 g/mol. The van der Waals surface area contributed by atoms with Gasteiger partial charge in [-0.1, -0.05) is 0 Å². The zero-order valence-electron chi connectivity index (χ0n) is 12.4. The summed E-state index contributed by atoms with van der Waals surface area (Å²) in [4.78, 5) is 22.1. The molecule has 22 heavy (non-hydrogen) atoms. The highest BCUT2D eigenvalue weighted by Gasteiger charge is 2.26. The number of aliphatic carboxylic acids is 2. The van der Waals surface area contributed by atoms with Crippen molar-refractivity contribution in [2.24, 2.45) is 0 Å². The van der Waals surface area contributed by atoms with Crippen molar-refractivity contribution in [2.45, 2.75) is 38.9 Å². The molecule has 0 spiro atoms. The summed E-state index contributed by atoms with van der Waals surface area (Å²) in [5.41, 5.74) is -3.14. The molecule has 0 unspecified atom stereocenters. The summed E-state index contributed by atoms with van der Waals surface area (Å²) in [6.07, 6.45) is 0. The van der Waals surface area contributed by atoms with Crippen LogP contribution in [0.1, 0.15) is 27.7 Å². The smallest absolute Gasteiger partial charge is 0.143 e. The van der Waals surface area contributed by atoms with Gasteiger partial charge in [0.15, 0.2) is 0 Å². The minimum Gasteiger partial charge on any atom is -0.546 e. The maximum Gasteiger partial charge on any atom is 0.143 e. The van der Waals surface area contributed by atoms with Crippen LogP contribution in [0.5, 0.6) is 11.5 Å². The molecule has 1 aromatic rings. The molecule has 0 saturated heterocycles. The van der Waals surface area contributed by atoms with E-state index in [0.29, 0.717) is 8.95 Å². The minimum absolute atomic E-state index is 0.168. The highest BCUT2D eigenvalue weighted by atomic mass is 79.9. The Hall–Kier alpha value is -1.28. The van der Waals surface area contributed by atoms with Crippen molar-refractivity contribution in [1.82, 2.24) is 0 Å². The van der Waals surface area contributed by atoms with Crippen LogP contribution in [0.2, 0.25) is 0 Å². The Morgan fingerprint density at radius 3 is 1.45 bits per heavy atom. The average Bonchev–Trinajstić information content (AvgIpc) is 2.34. The molecule has 0 atom stereocenters. The first-order valence-electron chi connectivity index (χ1n) is 6.17. The monoisotopic (exact) mass is 436 g/mol. The van der Waals surface area contributed by atoms with E-state index in [-0.39, 0.29) is 11.5 Å². The number of halogens is 2. The van der Waals surface area contributed by atoms with E-state index in [2.05, 4.69) is 31.9 Å². The van der Waals surface area contributed by atoms with Crippen LogP contribution in [-0.2, 0) is 9.59 Å². The van der Waals surface area contributed by atoms with Crippen LogP contribution >= 0.6 is 31.9 Å². The van der Waals surface area contributed by atoms with Crippen molar-refractivity contribution < 1.29 is 29.3 Å². The fraction of sp³-hybridized carbons (Fsp3) is 0.429. The van der Waals surface area contributed by atoms with Crippen LogP contribution in [-0.4, -0.2) is 23.1 Å². The molecule has 1 rings (SSSR count). The van der Waals surface area contributed by atoms with Gasteiger partial charge in [0.1, 0.15) is 22.7 Å². The first-order chi connectivity index (χ1) is 9.86. The Bertz CT molecular complexity index is 560. The van der Waals surface area contributed by atoms with Crippen molar-refractivity contribution in [3.8, 4) is 11.5 Å². The lowest BCUT2D eigenvalue weighted by Crippen LogP contribution is -2.48. The van der Waals surface area contributed by atoms with Gasteiger partial charge in [0.05, 0.1) is 20.9 Å². The van der Waals surface area contributed by atoms with Crippen molar-refractivity contribution >= 4 is 43.8 Å². The maximum atomic E-state index is 11.0. The van der Waals surface area contributed by atoms with E-state index in [1.807, 2.05) is 0 Å². The molecule has 0 saturated carbocycles. The summed E-state index contributed by atoms with van der Waals surface area (Å²) in [6.45, 7) is 5.34. The molecule has 122 valence electrons. The van der Waals surface area contributed by atoms with Gasteiger partial charge in [-0.2, -0.15) is 0 Å². The molecule has 0 N–H and O–H groups in total. The second kappa shape index (κ2) is 6.45. The molecule has 6 nitrogen and oxygen atoms in total. The average molecular weight is 438 g/mol. The third-order valence-corrected chi connectivity index (χ3v) is 3.94. The third-order valence-electron chi connectivity index (χ3n) is 2.70. The number of carboxylic acids is 2. The summed E-state index contributed by atoms with van der Waals surface area (Å²) >= 11 is 6.48. The van der Waals surface area contributed by atoms with Crippen LogP contribution < -0.4 is 19.7 Å². The summed E-state index contributed by atoms with van der Waals surface area (Å²) < 4.78 is 11.7. The van der Waals surface area contributed by atoms with Crippen molar-refractivity contribution in [3.05, 3.63) is 21.1 Å². The number of carbonyl (C=O) groups excluding carboxylic acids is 2. The molecular formula is C14H14Br2O6-2. The van der Waals surface area contributed by atoms with E-state index in [1.165, 1.54) is 33.8 Å². The van der Waals surface area contributed by atoms with Gasteiger partial charge in [0.2, 0.25) is 0 Å². The summed E-state index contributed by atoms with van der Waals surface area (Å²) in [5, 5.41) is 22.1. The molecule has 0 bridgehead atoms. The maximum absolute atomic E-state index is 11.0. The summed E-state index contributed by atoms with van der Waals surface area (Å²) in [7, 11) is 0. The zero-order valence-corrected chi connectivity index (χ0v) is 15.5. The van der Waals surface area contributed by atoms with Crippen molar-refractivity contribution in [2.75, 3.05) is 0 Å². The van der Waals surface area contributed by atoms with E-state index < -0.39 is 23.1 Å². The van der Waals surface area contributed by atoms with Crippen LogP contribution in [0.3, 0.4) is 0 Å². The number of hydrogen-bond donors (Lipinski definition) is 0. The number of benzene rings is 1. The van der Waals surface area contributed by atoms with Gasteiger partial charge in [-0.25, -0.2) is 0 Å². The fourth-order valence-corrected chi connectivity index (χ4v) is 2.46. The predicted octanol–water partition coefficient (Wildman–Crippen LogP) is 1.03. The number of carboxylic acid groups (broad SMARTS) is 2. The number of hydrogen-bond acceptors (Lipinski definition) is 6. The van der Waals surface area contributed by atoms with Gasteiger partial charge in [-0.15, -0.1) is 0 Å². The first kappa shape index (κ1) is 18.8. The zero-order chi connectivity index (χ0) is 17.3. The summed E-state index contributed by atoms with van der Waals surface area (Å²) in [5.74, 6) is -2.44. The molecule has 8 heteroatoms. The molecule has 0 aliphatic rings. The topological polar surface area (TPSA) is 98.7 Å². The Morgan fingerprint density at radius 2 is 1.18 bits per heavy atom. The minimum atomic E-state index is -1.57. The molecule has 0 aliphatic heterocycles. The number of carbonyl (C=O) groups is 2. The Kier molecular flexibility index (Phi) is 5.51. The largest absolute Gasteiger partial charge is 0.546 e. The molecule has 0 aromatic heterocycles. The number of rotatable bonds is 6. The second-order valence-corrected chi connectivity index (χ2v) is 7.22. The SMILES string of the molecule is CC(C)(Oc1cc(OC(C)(C)C(=O)[O-])c(Br)cc1Br)C(=O)[O-]. The van der Waals surface area contributed by atoms with E-state index in [1.54, 1.807) is 6.07 Å². The lowest BCUT2D eigenvalue weighted by atomic mass is 10.1.